The lowest BCUT2D eigenvalue weighted by molar-refractivity contribution is -0.142. The number of nitrogens with two attached hydrogens (primary N) is 1. The van der Waals surface area contributed by atoms with Gasteiger partial charge in [0.1, 0.15) is 0 Å². The topological polar surface area (TPSA) is 59.2 Å². The molecule has 1 aliphatic carbocycles. The molecule has 0 atom stereocenters. The number of carbonyl (C=O) groups is 1. The Balaban J connectivity index is 2.11. The molecular weight excluding hydrogens is 226 g/mol. The Morgan fingerprint density at radius 3 is 2.72 bits per heavy atom. The van der Waals surface area contributed by atoms with E-state index >= 15 is 0 Å². The fourth-order valence-corrected chi connectivity index (χ4v) is 2.23. The minimum Gasteiger partial charge on any atom is -0.334 e. The second kappa shape index (κ2) is 5.06. The zero-order chi connectivity index (χ0) is 13.2. The SMILES string of the molecule is CC(C)N(Cc1cccnc1)C(=O)C1(N)CCC1. The maximum absolute atomic E-state index is 12.5. The van der Waals surface area contributed by atoms with E-state index < -0.39 is 5.54 Å². The van der Waals surface area contributed by atoms with Crippen LogP contribution < -0.4 is 5.73 Å². The molecule has 0 spiro atoms. The average Bonchev–Trinajstić information content (AvgIpc) is 2.33. The van der Waals surface area contributed by atoms with Gasteiger partial charge in [0, 0.05) is 25.0 Å². The summed E-state index contributed by atoms with van der Waals surface area (Å²) in [6.07, 6.45) is 6.21. The summed E-state index contributed by atoms with van der Waals surface area (Å²) in [6.45, 7) is 4.63. The molecule has 1 aromatic rings. The van der Waals surface area contributed by atoms with E-state index in [0.29, 0.717) is 6.54 Å². The first kappa shape index (κ1) is 13.0. The van der Waals surface area contributed by atoms with Gasteiger partial charge in [-0.15, -0.1) is 0 Å². The Labute approximate surface area is 108 Å². The number of amides is 1. The molecule has 0 saturated heterocycles. The Hall–Kier alpha value is -1.42. The van der Waals surface area contributed by atoms with Gasteiger partial charge >= 0.3 is 0 Å². The summed E-state index contributed by atoms with van der Waals surface area (Å²) in [6, 6.07) is 4.03. The number of rotatable bonds is 4. The number of pyridine rings is 1. The monoisotopic (exact) mass is 247 g/mol. The fraction of sp³-hybridized carbons (Fsp3) is 0.571. The van der Waals surface area contributed by atoms with Crippen molar-refractivity contribution in [1.82, 2.24) is 9.88 Å². The van der Waals surface area contributed by atoms with Crippen molar-refractivity contribution in [3.8, 4) is 0 Å². The van der Waals surface area contributed by atoms with E-state index in [9.17, 15) is 4.79 Å². The van der Waals surface area contributed by atoms with Crippen molar-refractivity contribution in [1.29, 1.82) is 0 Å². The van der Waals surface area contributed by atoms with Crippen molar-refractivity contribution in [3.63, 3.8) is 0 Å². The Bertz CT molecular complexity index is 412. The van der Waals surface area contributed by atoms with Crippen LogP contribution in [0.15, 0.2) is 24.5 Å². The molecule has 1 amide bonds. The minimum atomic E-state index is -0.619. The van der Waals surface area contributed by atoms with Gasteiger partial charge in [-0.25, -0.2) is 0 Å². The number of nitrogens with zero attached hydrogens (tertiary/aromatic N) is 2. The second-order valence-electron chi connectivity index (χ2n) is 5.40. The second-order valence-corrected chi connectivity index (χ2v) is 5.40. The molecule has 2 N–H and O–H groups in total. The molecule has 0 radical (unpaired) electrons. The minimum absolute atomic E-state index is 0.0765. The summed E-state index contributed by atoms with van der Waals surface area (Å²) < 4.78 is 0. The molecule has 0 bridgehead atoms. The Kier molecular flexibility index (Phi) is 3.66. The van der Waals surface area contributed by atoms with Crippen LogP contribution in [-0.2, 0) is 11.3 Å². The van der Waals surface area contributed by atoms with Gasteiger partial charge in [0.25, 0.3) is 0 Å². The molecule has 0 unspecified atom stereocenters. The first-order chi connectivity index (χ1) is 8.53. The van der Waals surface area contributed by atoms with Crippen LogP contribution in [0.2, 0.25) is 0 Å². The fourth-order valence-electron chi connectivity index (χ4n) is 2.23. The van der Waals surface area contributed by atoms with E-state index in [4.69, 9.17) is 5.73 Å². The predicted molar refractivity (Wildman–Crippen MR) is 70.7 cm³/mol. The molecule has 0 aliphatic heterocycles. The quantitative estimate of drug-likeness (QED) is 0.881. The van der Waals surface area contributed by atoms with Gasteiger partial charge in [0.05, 0.1) is 5.54 Å². The molecule has 1 aromatic heterocycles. The van der Waals surface area contributed by atoms with E-state index in [0.717, 1.165) is 24.8 Å². The summed E-state index contributed by atoms with van der Waals surface area (Å²) in [5, 5.41) is 0. The highest BCUT2D eigenvalue weighted by Gasteiger charge is 2.43. The predicted octanol–water partition coefficient (Wildman–Crippen LogP) is 1.70. The Morgan fingerprint density at radius 1 is 1.56 bits per heavy atom. The van der Waals surface area contributed by atoms with Gasteiger partial charge < -0.3 is 10.6 Å². The largest absolute Gasteiger partial charge is 0.334 e. The zero-order valence-corrected chi connectivity index (χ0v) is 11.1. The number of hydrogen-bond acceptors (Lipinski definition) is 3. The van der Waals surface area contributed by atoms with Gasteiger partial charge in [0.15, 0.2) is 0 Å². The smallest absolute Gasteiger partial charge is 0.243 e. The van der Waals surface area contributed by atoms with Crippen molar-refractivity contribution in [3.05, 3.63) is 30.1 Å². The highest BCUT2D eigenvalue weighted by Crippen LogP contribution is 2.32. The molecule has 1 fully saturated rings. The molecule has 0 aromatic carbocycles. The summed E-state index contributed by atoms with van der Waals surface area (Å²) >= 11 is 0. The molecule has 4 heteroatoms. The van der Waals surface area contributed by atoms with Crippen LogP contribution in [0.25, 0.3) is 0 Å². The Morgan fingerprint density at radius 2 is 2.28 bits per heavy atom. The number of carbonyl (C=O) groups excluding carboxylic acids is 1. The normalized spacial score (nSPS) is 17.3. The van der Waals surface area contributed by atoms with E-state index in [2.05, 4.69) is 4.98 Å². The van der Waals surface area contributed by atoms with Crippen LogP contribution in [-0.4, -0.2) is 27.4 Å². The maximum Gasteiger partial charge on any atom is 0.243 e. The summed E-state index contributed by atoms with van der Waals surface area (Å²) in [5.74, 6) is 0.0765. The van der Waals surface area contributed by atoms with Crippen molar-refractivity contribution in [2.24, 2.45) is 5.73 Å². The first-order valence-corrected chi connectivity index (χ1v) is 6.52. The third-order valence-electron chi connectivity index (χ3n) is 3.63. The average molecular weight is 247 g/mol. The summed E-state index contributed by atoms with van der Waals surface area (Å²) in [4.78, 5) is 18.4. The molecule has 1 aliphatic rings. The lowest BCUT2D eigenvalue weighted by Gasteiger charge is -2.41. The van der Waals surface area contributed by atoms with Crippen molar-refractivity contribution >= 4 is 5.91 Å². The van der Waals surface area contributed by atoms with E-state index in [1.165, 1.54) is 0 Å². The number of hydrogen-bond donors (Lipinski definition) is 1. The van der Waals surface area contributed by atoms with Gasteiger partial charge in [-0.2, -0.15) is 0 Å². The van der Waals surface area contributed by atoms with Crippen LogP contribution in [0.3, 0.4) is 0 Å². The highest BCUT2D eigenvalue weighted by molar-refractivity contribution is 5.87. The van der Waals surface area contributed by atoms with Crippen LogP contribution in [0.5, 0.6) is 0 Å². The van der Waals surface area contributed by atoms with Crippen LogP contribution >= 0.6 is 0 Å². The summed E-state index contributed by atoms with van der Waals surface area (Å²) in [7, 11) is 0. The van der Waals surface area contributed by atoms with Crippen molar-refractivity contribution in [2.75, 3.05) is 0 Å². The van der Waals surface area contributed by atoms with Crippen LogP contribution in [0.4, 0.5) is 0 Å². The van der Waals surface area contributed by atoms with Crippen LogP contribution in [0, 0.1) is 0 Å². The molecule has 18 heavy (non-hydrogen) atoms. The first-order valence-electron chi connectivity index (χ1n) is 6.52. The molecule has 98 valence electrons. The lowest BCUT2D eigenvalue weighted by Crippen LogP contribution is -2.60. The van der Waals surface area contributed by atoms with E-state index in [1.54, 1.807) is 12.4 Å². The van der Waals surface area contributed by atoms with Crippen molar-refractivity contribution in [2.45, 2.75) is 51.2 Å². The standard InChI is InChI=1S/C14H21N3O/c1-11(2)17(10-12-5-3-8-16-9-12)13(18)14(15)6-4-7-14/h3,5,8-9,11H,4,6-7,10,15H2,1-2H3. The summed E-state index contributed by atoms with van der Waals surface area (Å²) in [5.41, 5.74) is 6.56. The van der Waals surface area contributed by atoms with Crippen LogP contribution in [0.1, 0.15) is 38.7 Å². The maximum atomic E-state index is 12.5. The van der Waals surface area contributed by atoms with Gasteiger partial charge in [-0.05, 0) is 44.7 Å². The van der Waals surface area contributed by atoms with Gasteiger partial charge in [-0.1, -0.05) is 6.07 Å². The third kappa shape index (κ3) is 2.53. The molecule has 2 rings (SSSR count). The molecule has 1 saturated carbocycles. The van der Waals surface area contributed by atoms with Gasteiger partial charge in [-0.3, -0.25) is 9.78 Å². The zero-order valence-electron chi connectivity index (χ0n) is 11.1. The van der Waals surface area contributed by atoms with Crippen molar-refractivity contribution < 1.29 is 4.79 Å². The van der Waals surface area contributed by atoms with E-state index in [-0.39, 0.29) is 11.9 Å². The number of aromatic nitrogens is 1. The molecule has 1 heterocycles. The highest BCUT2D eigenvalue weighted by atomic mass is 16.2. The van der Waals surface area contributed by atoms with Gasteiger partial charge in [0.2, 0.25) is 5.91 Å². The molecule has 4 nitrogen and oxygen atoms in total. The lowest BCUT2D eigenvalue weighted by atomic mass is 9.76. The molecular formula is C14H21N3O. The third-order valence-corrected chi connectivity index (χ3v) is 3.63. The van der Waals surface area contributed by atoms with E-state index in [1.807, 2.05) is 30.9 Å².